The quantitative estimate of drug-likeness (QED) is 0.746. The summed E-state index contributed by atoms with van der Waals surface area (Å²) < 4.78 is 26.7. The van der Waals surface area contributed by atoms with Crippen LogP contribution < -0.4 is 0 Å². The molecule has 0 atom stereocenters. The lowest BCUT2D eigenvalue weighted by Crippen LogP contribution is -2.34. The molecule has 0 unspecified atom stereocenters. The van der Waals surface area contributed by atoms with Gasteiger partial charge in [0.1, 0.15) is 11.6 Å². The van der Waals surface area contributed by atoms with Crippen LogP contribution in [0, 0.1) is 11.6 Å². The highest BCUT2D eigenvalue weighted by atomic mass is 35.5. The number of alkyl halides is 1. The Morgan fingerprint density at radius 3 is 2.41 bits per heavy atom. The Morgan fingerprint density at radius 1 is 1.35 bits per heavy atom. The Hall–Kier alpha value is -1.16. The van der Waals surface area contributed by atoms with E-state index in [0.29, 0.717) is 19.0 Å². The minimum Gasteiger partial charge on any atom is -0.341 e. The molecule has 0 aliphatic carbocycles. The summed E-state index contributed by atoms with van der Waals surface area (Å²) in [5, 5.41) is 0. The molecule has 5 heteroatoms. The van der Waals surface area contributed by atoms with Crippen molar-refractivity contribution in [3.63, 3.8) is 0 Å². The van der Waals surface area contributed by atoms with Crippen molar-refractivity contribution in [1.29, 1.82) is 0 Å². The van der Waals surface area contributed by atoms with Gasteiger partial charge in [0.15, 0.2) is 0 Å². The van der Waals surface area contributed by atoms with Gasteiger partial charge in [-0.3, -0.25) is 4.79 Å². The SMILES string of the molecule is CCN(CCCl)C(=O)Cc1c(F)cccc1F. The molecular formula is C12H14ClF2NO. The summed E-state index contributed by atoms with van der Waals surface area (Å²) in [5.74, 6) is -1.41. The van der Waals surface area contributed by atoms with E-state index < -0.39 is 11.6 Å². The second-order valence-corrected chi connectivity index (χ2v) is 3.92. The summed E-state index contributed by atoms with van der Waals surface area (Å²) in [6, 6.07) is 3.56. The van der Waals surface area contributed by atoms with Crippen LogP contribution in [0.15, 0.2) is 18.2 Å². The van der Waals surface area contributed by atoms with Crippen LogP contribution in [-0.2, 0) is 11.2 Å². The molecule has 94 valence electrons. The van der Waals surface area contributed by atoms with E-state index in [9.17, 15) is 13.6 Å². The third kappa shape index (κ3) is 3.66. The number of carbonyl (C=O) groups is 1. The van der Waals surface area contributed by atoms with Crippen LogP contribution in [-0.4, -0.2) is 29.8 Å². The first kappa shape index (κ1) is 13.9. The molecule has 0 fully saturated rings. The van der Waals surface area contributed by atoms with E-state index >= 15 is 0 Å². The number of rotatable bonds is 5. The lowest BCUT2D eigenvalue weighted by atomic mass is 10.1. The Balaban J connectivity index is 2.80. The largest absolute Gasteiger partial charge is 0.341 e. The van der Waals surface area contributed by atoms with Crippen LogP contribution in [0.25, 0.3) is 0 Å². The Labute approximate surface area is 104 Å². The first-order chi connectivity index (χ1) is 8.10. The highest BCUT2D eigenvalue weighted by Crippen LogP contribution is 2.13. The van der Waals surface area contributed by atoms with E-state index in [1.54, 1.807) is 6.92 Å². The fourth-order valence-corrected chi connectivity index (χ4v) is 1.73. The summed E-state index contributed by atoms with van der Waals surface area (Å²) in [6.07, 6.45) is -0.275. The van der Waals surface area contributed by atoms with Crippen LogP contribution in [0.3, 0.4) is 0 Å². The molecule has 1 aromatic rings. The maximum atomic E-state index is 13.3. The molecule has 17 heavy (non-hydrogen) atoms. The molecule has 0 saturated carbocycles. The van der Waals surface area contributed by atoms with Gasteiger partial charge in [-0.15, -0.1) is 11.6 Å². The maximum absolute atomic E-state index is 13.3. The molecule has 0 aliphatic rings. The molecule has 0 radical (unpaired) electrons. The summed E-state index contributed by atoms with van der Waals surface area (Å²) in [5.41, 5.74) is -0.189. The summed E-state index contributed by atoms with van der Waals surface area (Å²) >= 11 is 5.54. The van der Waals surface area contributed by atoms with Crippen molar-refractivity contribution in [2.24, 2.45) is 0 Å². The second kappa shape index (κ2) is 6.55. The Morgan fingerprint density at radius 2 is 1.94 bits per heavy atom. The number of hydrogen-bond acceptors (Lipinski definition) is 1. The molecular weight excluding hydrogens is 248 g/mol. The maximum Gasteiger partial charge on any atom is 0.227 e. The van der Waals surface area contributed by atoms with Crippen molar-refractivity contribution in [3.8, 4) is 0 Å². The highest BCUT2D eigenvalue weighted by Gasteiger charge is 2.16. The van der Waals surface area contributed by atoms with E-state index in [1.165, 1.54) is 11.0 Å². The highest BCUT2D eigenvalue weighted by molar-refractivity contribution is 6.18. The summed E-state index contributed by atoms with van der Waals surface area (Å²) in [6.45, 7) is 2.65. The van der Waals surface area contributed by atoms with Gasteiger partial charge in [-0.05, 0) is 19.1 Å². The topological polar surface area (TPSA) is 20.3 Å². The lowest BCUT2D eigenvalue weighted by Gasteiger charge is -2.19. The summed E-state index contributed by atoms with van der Waals surface area (Å²) in [7, 11) is 0. The van der Waals surface area contributed by atoms with Crippen LogP contribution >= 0.6 is 11.6 Å². The second-order valence-electron chi connectivity index (χ2n) is 3.54. The van der Waals surface area contributed by atoms with Crippen molar-refractivity contribution in [2.45, 2.75) is 13.3 Å². The zero-order chi connectivity index (χ0) is 12.8. The van der Waals surface area contributed by atoms with Crippen molar-refractivity contribution in [1.82, 2.24) is 4.90 Å². The van der Waals surface area contributed by atoms with E-state index in [1.807, 2.05) is 0 Å². The predicted octanol–water partition coefficient (Wildman–Crippen LogP) is 2.59. The van der Waals surface area contributed by atoms with Gasteiger partial charge >= 0.3 is 0 Å². The molecule has 1 aromatic carbocycles. The zero-order valence-electron chi connectivity index (χ0n) is 9.55. The molecule has 1 amide bonds. The molecule has 0 aliphatic heterocycles. The average molecular weight is 262 g/mol. The molecule has 2 nitrogen and oxygen atoms in total. The normalized spacial score (nSPS) is 10.4. The van der Waals surface area contributed by atoms with E-state index in [2.05, 4.69) is 0 Å². The summed E-state index contributed by atoms with van der Waals surface area (Å²) in [4.78, 5) is 13.2. The number of likely N-dealkylation sites (N-methyl/N-ethyl adjacent to an activating group) is 1. The van der Waals surface area contributed by atoms with Gasteiger partial charge in [-0.1, -0.05) is 6.07 Å². The minimum atomic E-state index is -0.694. The van der Waals surface area contributed by atoms with E-state index in [0.717, 1.165) is 12.1 Å². The average Bonchev–Trinajstić information content (AvgIpc) is 2.30. The molecule has 0 bridgehead atoms. The van der Waals surface area contributed by atoms with Gasteiger partial charge in [0.05, 0.1) is 6.42 Å². The van der Waals surface area contributed by atoms with Gasteiger partial charge in [0.25, 0.3) is 0 Å². The van der Waals surface area contributed by atoms with Gasteiger partial charge in [-0.2, -0.15) is 0 Å². The van der Waals surface area contributed by atoms with Crippen molar-refractivity contribution in [3.05, 3.63) is 35.4 Å². The Kier molecular flexibility index (Phi) is 5.35. The van der Waals surface area contributed by atoms with E-state index in [4.69, 9.17) is 11.6 Å². The van der Waals surface area contributed by atoms with Gasteiger partial charge < -0.3 is 4.90 Å². The molecule has 0 saturated heterocycles. The van der Waals surface area contributed by atoms with Gasteiger partial charge in [-0.25, -0.2) is 8.78 Å². The van der Waals surface area contributed by atoms with E-state index in [-0.39, 0.29) is 17.9 Å². The third-order valence-electron chi connectivity index (χ3n) is 2.48. The first-order valence-corrected chi connectivity index (χ1v) is 5.90. The number of halogens is 3. The van der Waals surface area contributed by atoms with Gasteiger partial charge in [0.2, 0.25) is 5.91 Å². The molecule has 1 rings (SSSR count). The smallest absolute Gasteiger partial charge is 0.227 e. The number of benzene rings is 1. The molecule has 0 heterocycles. The number of amides is 1. The minimum absolute atomic E-state index is 0.189. The predicted molar refractivity (Wildman–Crippen MR) is 63.0 cm³/mol. The van der Waals surface area contributed by atoms with Crippen LogP contribution in [0.2, 0.25) is 0 Å². The monoisotopic (exact) mass is 261 g/mol. The fourth-order valence-electron chi connectivity index (χ4n) is 1.53. The first-order valence-electron chi connectivity index (χ1n) is 5.36. The molecule has 0 spiro atoms. The lowest BCUT2D eigenvalue weighted by molar-refractivity contribution is -0.130. The van der Waals surface area contributed by atoms with Crippen molar-refractivity contribution >= 4 is 17.5 Å². The van der Waals surface area contributed by atoms with Crippen molar-refractivity contribution < 1.29 is 13.6 Å². The Bertz CT molecular complexity index is 378. The molecule has 0 N–H and O–H groups in total. The third-order valence-corrected chi connectivity index (χ3v) is 2.65. The molecule has 0 aromatic heterocycles. The van der Waals surface area contributed by atoms with Crippen LogP contribution in [0.1, 0.15) is 12.5 Å². The van der Waals surface area contributed by atoms with Crippen LogP contribution in [0.4, 0.5) is 8.78 Å². The zero-order valence-corrected chi connectivity index (χ0v) is 10.3. The number of nitrogens with zero attached hydrogens (tertiary/aromatic N) is 1. The van der Waals surface area contributed by atoms with Crippen LogP contribution in [0.5, 0.6) is 0 Å². The van der Waals surface area contributed by atoms with Gasteiger partial charge in [0, 0.05) is 24.5 Å². The standard InChI is InChI=1S/C12H14ClF2NO/c1-2-16(7-6-13)12(17)8-9-10(14)4-3-5-11(9)15/h3-5H,2,6-8H2,1H3. The van der Waals surface area contributed by atoms with Crippen molar-refractivity contribution in [2.75, 3.05) is 19.0 Å². The number of hydrogen-bond donors (Lipinski definition) is 0. The fraction of sp³-hybridized carbons (Fsp3) is 0.417. The number of carbonyl (C=O) groups excluding carboxylic acids is 1.